The molecule has 0 aliphatic rings. The van der Waals surface area contributed by atoms with E-state index >= 15 is 0 Å². The molecule has 0 rings (SSSR count). The van der Waals surface area contributed by atoms with Crippen LogP contribution in [0.4, 0.5) is 0 Å². The van der Waals surface area contributed by atoms with Crippen molar-refractivity contribution >= 4 is 14.3 Å². The maximum absolute atomic E-state index is 11.4. The Kier molecular flexibility index (Phi) is 6.51. The number of methoxy groups -OCH3 is 1. The molecule has 0 bridgehead atoms. The summed E-state index contributed by atoms with van der Waals surface area (Å²) in [5.74, 6) is -0.774. The van der Waals surface area contributed by atoms with Crippen LogP contribution in [0.3, 0.4) is 0 Å². The summed E-state index contributed by atoms with van der Waals surface area (Å²) in [6.45, 7) is 10.2. The predicted octanol–water partition coefficient (Wildman–Crippen LogP) is 2.22. The van der Waals surface area contributed by atoms with Crippen molar-refractivity contribution in [1.29, 1.82) is 0 Å². The fourth-order valence-electron chi connectivity index (χ4n) is 1.06. The van der Waals surface area contributed by atoms with Gasteiger partial charge in [0.2, 0.25) is 0 Å². The molecule has 0 radical (unpaired) electrons. The number of rotatable bonds is 6. The summed E-state index contributed by atoms with van der Waals surface area (Å²) in [6, 6.07) is -1.28. The van der Waals surface area contributed by atoms with E-state index in [0.29, 0.717) is 0 Å². The smallest absolute Gasteiger partial charge is 0.317 e. The average molecular weight is 289 g/mol. The van der Waals surface area contributed by atoms with E-state index < -0.39 is 26.4 Å². The van der Waals surface area contributed by atoms with Gasteiger partial charge in [-0.05, 0) is 23.7 Å². The minimum absolute atomic E-state index is 0.00796. The van der Waals surface area contributed by atoms with Gasteiger partial charge in [-0.25, -0.2) is 0 Å². The molecule has 0 unspecified atom stereocenters. The van der Waals surface area contributed by atoms with E-state index in [2.05, 4.69) is 35.5 Å². The van der Waals surface area contributed by atoms with Crippen LogP contribution in [-0.4, -0.2) is 45.3 Å². The van der Waals surface area contributed by atoms with Crippen LogP contribution >= 0.6 is 0 Å². The Morgan fingerprint density at radius 2 is 2.00 bits per heavy atom. The standard InChI is InChI=1S/C11H23N3O4Si/c1-11(2,3)19(5,6)18-7-8(15)9(13-14-12)10(16)17-4/h8-9,15H,7H2,1-6H3/t8-,9-/m0/s1. The molecule has 0 aromatic rings. The van der Waals surface area contributed by atoms with E-state index in [1.54, 1.807) is 0 Å². The Hall–Kier alpha value is -1.08. The van der Waals surface area contributed by atoms with Crippen molar-refractivity contribution in [3.63, 3.8) is 0 Å². The second-order valence-electron chi connectivity index (χ2n) is 5.81. The molecular formula is C11H23N3O4Si. The summed E-state index contributed by atoms with van der Waals surface area (Å²) in [7, 11) is -0.858. The van der Waals surface area contributed by atoms with E-state index in [0.717, 1.165) is 0 Å². The number of carbonyl (C=O) groups excluding carboxylic acids is 1. The number of ether oxygens (including phenoxy) is 1. The van der Waals surface area contributed by atoms with Crippen LogP contribution in [0.5, 0.6) is 0 Å². The highest BCUT2D eigenvalue weighted by Gasteiger charge is 2.38. The number of azide groups is 1. The normalized spacial score (nSPS) is 15.3. The summed E-state index contributed by atoms with van der Waals surface area (Å²) >= 11 is 0. The van der Waals surface area contributed by atoms with Gasteiger partial charge in [-0.15, -0.1) is 0 Å². The largest absolute Gasteiger partial charge is 0.469 e. The van der Waals surface area contributed by atoms with Crippen molar-refractivity contribution in [2.24, 2.45) is 5.11 Å². The first-order chi connectivity index (χ1) is 8.56. The Morgan fingerprint density at radius 1 is 1.47 bits per heavy atom. The number of aliphatic hydroxyl groups excluding tert-OH is 1. The molecule has 0 aliphatic heterocycles. The number of hydrogen-bond donors (Lipinski definition) is 1. The summed E-state index contributed by atoms with van der Waals surface area (Å²) < 4.78 is 10.3. The first kappa shape index (κ1) is 17.9. The van der Waals surface area contributed by atoms with Gasteiger partial charge in [0.05, 0.1) is 19.8 Å². The highest BCUT2D eigenvalue weighted by molar-refractivity contribution is 6.74. The first-order valence-electron chi connectivity index (χ1n) is 6.01. The van der Waals surface area contributed by atoms with E-state index in [1.807, 2.05) is 13.1 Å². The zero-order valence-electron chi connectivity index (χ0n) is 12.4. The van der Waals surface area contributed by atoms with Gasteiger partial charge in [-0.1, -0.05) is 25.9 Å². The van der Waals surface area contributed by atoms with Gasteiger partial charge in [0, 0.05) is 4.91 Å². The minimum atomic E-state index is -2.03. The van der Waals surface area contributed by atoms with E-state index in [-0.39, 0.29) is 11.6 Å². The van der Waals surface area contributed by atoms with Crippen molar-refractivity contribution in [3.05, 3.63) is 10.4 Å². The molecule has 0 fully saturated rings. The Morgan fingerprint density at radius 3 is 2.37 bits per heavy atom. The molecule has 110 valence electrons. The summed E-state index contributed by atoms with van der Waals surface area (Å²) in [6.07, 6.45) is -1.21. The Balaban J connectivity index is 4.72. The lowest BCUT2D eigenvalue weighted by Gasteiger charge is -2.37. The SMILES string of the molecule is COC(=O)[C@@H](N=[N+]=[N-])[C@@H](O)CO[Si](C)(C)C(C)(C)C. The third-order valence-corrected chi connectivity index (χ3v) is 7.91. The van der Waals surface area contributed by atoms with Gasteiger partial charge in [0.1, 0.15) is 0 Å². The van der Waals surface area contributed by atoms with E-state index in [4.69, 9.17) is 9.96 Å². The molecule has 19 heavy (non-hydrogen) atoms. The maximum atomic E-state index is 11.4. The van der Waals surface area contributed by atoms with E-state index in [9.17, 15) is 9.90 Å². The highest BCUT2D eigenvalue weighted by atomic mass is 28.4. The van der Waals surface area contributed by atoms with Crippen molar-refractivity contribution in [2.45, 2.75) is 51.0 Å². The van der Waals surface area contributed by atoms with Crippen molar-refractivity contribution in [3.8, 4) is 0 Å². The molecule has 0 aliphatic carbocycles. The third kappa shape index (κ3) is 5.20. The van der Waals surface area contributed by atoms with Crippen LogP contribution in [0, 0.1) is 0 Å². The fourth-order valence-corrected chi connectivity index (χ4v) is 2.08. The first-order valence-corrected chi connectivity index (χ1v) is 8.91. The molecule has 2 atom stereocenters. The fraction of sp³-hybridized carbons (Fsp3) is 0.909. The molecule has 0 saturated carbocycles. The molecule has 0 aromatic heterocycles. The highest BCUT2D eigenvalue weighted by Crippen LogP contribution is 2.36. The molecule has 1 N–H and O–H groups in total. The number of nitrogens with zero attached hydrogens (tertiary/aromatic N) is 3. The number of aliphatic hydroxyl groups is 1. The van der Waals surface area contributed by atoms with Crippen LogP contribution in [-0.2, 0) is 14.0 Å². The van der Waals surface area contributed by atoms with Crippen molar-refractivity contribution in [1.82, 2.24) is 0 Å². The zero-order valence-corrected chi connectivity index (χ0v) is 13.4. The van der Waals surface area contributed by atoms with Crippen molar-refractivity contribution < 1.29 is 19.1 Å². The quantitative estimate of drug-likeness (QED) is 0.266. The number of carbonyl (C=O) groups is 1. The lowest BCUT2D eigenvalue weighted by Crippen LogP contribution is -2.45. The van der Waals surface area contributed by atoms with E-state index in [1.165, 1.54) is 7.11 Å². The molecule has 0 saturated heterocycles. The van der Waals surface area contributed by atoms with Gasteiger partial charge in [0.25, 0.3) is 0 Å². The second-order valence-corrected chi connectivity index (χ2v) is 10.6. The van der Waals surface area contributed by atoms with Gasteiger partial charge >= 0.3 is 5.97 Å². The molecule has 0 amide bonds. The lowest BCUT2D eigenvalue weighted by molar-refractivity contribution is -0.145. The molecule has 8 heteroatoms. The summed E-state index contributed by atoms with van der Waals surface area (Å²) in [5.41, 5.74) is 8.39. The monoisotopic (exact) mass is 289 g/mol. The number of esters is 1. The predicted molar refractivity (Wildman–Crippen MR) is 74.1 cm³/mol. The maximum Gasteiger partial charge on any atom is 0.317 e. The third-order valence-electron chi connectivity index (χ3n) is 3.40. The molecule has 0 aromatic carbocycles. The second kappa shape index (κ2) is 6.90. The minimum Gasteiger partial charge on any atom is -0.469 e. The van der Waals surface area contributed by atoms with Crippen molar-refractivity contribution in [2.75, 3.05) is 13.7 Å². The molecule has 0 heterocycles. The van der Waals surface area contributed by atoms with Crippen LogP contribution in [0.2, 0.25) is 18.1 Å². The van der Waals surface area contributed by atoms with Gasteiger partial charge in [0.15, 0.2) is 14.4 Å². The Labute approximate surface area is 114 Å². The summed E-state index contributed by atoms with van der Waals surface area (Å²) in [5, 5.41) is 13.1. The van der Waals surface area contributed by atoms with Crippen LogP contribution in [0.15, 0.2) is 5.11 Å². The number of hydrogen-bond acceptors (Lipinski definition) is 5. The van der Waals surface area contributed by atoms with Gasteiger partial charge < -0.3 is 14.3 Å². The molecular weight excluding hydrogens is 266 g/mol. The molecule has 7 nitrogen and oxygen atoms in total. The topological polar surface area (TPSA) is 105 Å². The lowest BCUT2D eigenvalue weighted by atomic mass is 10.2. The van der Waals surface area contributed by atoms with Gasteiger partial charge in [-0.2, -0.15) is 0 Å². The van der Waals surface area contributed by atoms with Crippen LogP contribution in [0.25, 0.3) is 10.4 Å². The Bertz CT molecular complexity index is 361. The van der Waals surface area contributed by atoms with Crippen LogP contribution in [0.1, 0.15) is 20.8 Å². The average Bonchev–Trinajstić information content (AvgIpc) is 2.30. The summed E-state index contributed by atoms with van der Waals surface area (Å²) in [4.78, 5) is 13.9. The molecule has 0 spiro atoms. The van der Waals surface area contributed by atoms with Crippen LogP contribution < -0.4 is 0 Å². The zero-order chi connectivity index (χ0) is 15.3. The van der Waals surface area contributed by atoms with Gasteiger partial charge in [-0.3, -0.25) is 4.79 Å².